The Bertz CT molecular complexity index is 541. The zero-order valence-electron chi connectivity index (χ0n) is 13.3. The summed E-state index contributed by atoms with van der Waals surface area (Å²) in [6.45, 7) is 3.88. The third-order valence-electron chi connectivity index (χ3n) is 5.05. The lowest BCUT2D eigenvalue weighted by Crippen LogP contribution is -2.33. The van der Waals surface area contributed by atoms with Crippen molar-refractivity contribution in [2.45, 2.75) is 77.3 Å². The lowest BCUT2D eigenvalue weighted by molar-refractivity contribution is 0.338. The quantitative estimate of drug-likeness (QED) is 0.843. The van der Waals surface area contributed by atoms with E-state index in [0.29, 0.717) is 6.04 Å². The van der Waals surface area contributed by atoms with Crippen LogP contribution in [0.5, 0.6) is 0 Å². The van der Waals surface area contributed by atoms with Gasteiger partial charge in [0.25, 0.3) is 5.56 Å². The van der Waals surface area contributed by atoms with Gasteiger partial charge in [-0.05, 0) is 56.7 Å². The Morgan fingerprint density at radius 3 is 2.76 bits per heavy atom. The van der Waals surface area contributed by atoms with Crippen molar-refractivity contribution in [3.05, 3.63) is 33.2 Å². The van der Waals surface area contributed by atoms with E-state index in [2.05, 4.69) is 22.9 Å². The maximum absolute atomic E-state index is 12.9. The molecule has 3 rings (SSSR count). The second-order valence-electron chi connectivity index (χ2n) is 6.64. The summed E-state index contributed by atoms with van der Waals surface area (Å²) in [5.74, 6) is 0. The molecule has 2 aliphatic rings. The summed E-state index contributed by atoms with van der Waals surface area (Å²) in [7, 11) is 0. The number of nitrogens with zero attached hydrogens (tertiary/aromatic N) is 1. The maximum Gasteiger partial charge on any atom is 0.255 e. The molecule has 0 unspecified atom stereocenters. The van der Waals surface area contributed by atoms with Gasteiger partial charge in [0.05, 0.1) is 0 Å². The first-order valence-electron chi connectivity index (χ1n) is 8.78. The number of hydrogen-bond acceptors (Lipinski definition) is 2. The molecule has 1 aromatic heterocycles. The van der Waals surface area contributed by atoms with E-state index in [0.717, 1.165) is 37.9 Å². The minimum absolute atomic E-state index is 0.283. The number of nitrogens with one attached hydrogen (secondary N) is 1. The van der Waals surface area contributed by atoms with Crippen molar-refractivity contribution < 1.29 is 0 Å². The monoisotopic (exact) mass is 288 g/mol. The zero-order valence-corrected chi connectivity index (χ0v) is 13.3. The number of hydrogen-bond donors (Lipinski definition) is 1. The fraction of sp³-hybridized carbons (Fsp3) is 0.722. The first kappa shape index (κ1) is 14.8. The molecule has 1 heterocycles. The molecule has 1 aromatic rings. The highest BCUT2D eigenvalue weighted by atomic mass is 16.1. The van der Waals surface area contributed by atoms with Gasteiger partial charge in [-0.3, -0.25) is 4.79 Å². The Kier molecular flexibility index (Phi) is 4.79. The third kappa shape index (κ3) is 3.08. The van der Waals surface area contributed by atoms with Crippen molar-refractivity contribution in [1.29, 1.82) is 0 Å². The number of pyridine rings is 1. The van der Waals surface area contributed by atoms with E-state index in [1.165, 1.54) is 49.8 Å². The predicted molar refractivity (Wildman–Crippen MR) is 86.8 cm³/mol. The van der Waals surface area contributed by atoms with Crippen LogP contribution in [0.2, 0.25) is 0 Å². The van der Waals surface area contributed by atoms with Crippen molar-refractivity contribution in [3.8, 4) is 0 Å². The van der Waals surface area contributed by atoms with Crippen LogP contribution in [-0.2, 0) is 19.4 Å². The Morgan fingerprint density at radius 2 is 2.00 bits per heavy atom. The van der Waals surface area contributed by atoms with Gasteiger partial charge in [-0.2, -0.15) is 0 Å². The molecule has 0 aliphatic heterocycles. The summed E-state index contributed by atoms with van der Waals surface area (Å²) >= 11 is 0. The van der Waals surface area contributed by atoms with E-state index < -0.39 is 0 Å². The van der Waals surface area contributed by atoms with Gasteiger partial charge >= 0.3 is 0 Å². The molecule has 0 spiro atoms. The van der Waals surface area contributed by atoms with Gasteiger partial charge in [0.15, 0.2) is 0 Å². The number of aromatic nitrogens is 1. The average molecular weight is 288 g/mol. The molecule has 1 fully saturated rings. The van der Waals surface area contributed by atoms with Gasteiger partial charge in [0.2, 0.25) is 0 Å². The highest BCUT2D eigenvalue weighted by Gasteiger charge is 2.24. The number of aryl methyl sites for hydroxylation is 1. The minimum Gasteiger partial charge on any atom is -0.312 e. The van der Waals surface area contributed by atoms with E-state index in [9.17, 15) is 4.79 Å². The smallest absolute Gasteiger partial charge is 0.255 e. The van der Waals surface area contributed by atoms with Gasteiger partial charge in [0.1, 0.15) is 0 Å². The summed E-state index contributed by atoms with van der Waals surface area (Å²) in [5, 5.41) is 3.40. The van der Waals surface area contributed by atoms with Gasteiger partial charge in [-0.25, -0.2) is 0 Å². The molecule has 0 radical (unpaired) electrons. The molecule has 0 aromatic carbocycles. The predicted octanol–water partition coefficient (Wildman–Crippen LogP) is 3.34. The summed E-state index contributed by atoms with van der Waals surface area (Å²) < 4.78 is 2.20. The minimum atomic E-state index is 0.283. The van der Waals surface area contributed by atoms with E-state index in [1.54, 1.807) is 0 Å². The highest BCUT2D eigenvalue weighted by molar-refractivity contribution is 5.31. The van der Waals surface area contributed by atoms with E-state index in [1.807, 2.05) is 0 Å². The van der Waals surface area contributed by atoms with E-state index in [-0.39, 0.29) is 5.56 Å². The summed E-state index contributed by atoms with van der Waals surface area (Å²) in [6.07, 6.45) is 10.9. The normalized spacial score (nSPS) is 18.9. The Labute approximate surface area is 127 Å². The van der Waals surface area contributed by atoms with Crippen LogP contribution in [0.4, 0.5) is 0 Å². The van der Waals surface area contributed by atoms with Crippen LogP contribution < -0.4 is 10.9 Å². The molecule has 0 bridgehead atoms. The summed E-state index contributed by atoms with van der Waals surface area (Å²) in [6, 6.07) is 2.65. The van der Waals surface area contributed by atoms with Gasteiger partial charge in [0, 0.05) is 23.8 Å². The van der Waals surface area contributed by atoms with Crippen molar-refractivity contribution in [1.82, 2.24) is 9.88 Å². The molecule has 1 saturated carbocycles. The first-order valence-corrected chi connectivity index (χ1v) is 8.78. The largest absolute Gasteiger partial charge is 0.312 e. The fourth-order valence-corrected chi connectivity index (χ4v) is 3.98. The van der Waals surface area contributed by atoms with E-state index >= 15 is 0 Å². The molecule has 0 amide bonds. The molecular formula is C18H28N2O. The van der Waals surface area contributed by atoms with E-state index in [4.69, 9.17) is 0 Å². The summed E-state index contributed by atoms with van der Waals surface area (Å²) in [5.41, 5.74) is 4.06. The van der Waals surface area contributed by atoms with Crippen LogP contribution in [0.25, 0.3) is 0 Å². The van der Waals surface area contributed by atoms with Gasteiger partial charge < -0.3 is 9.88 Å². The van der Waals surface area contributed by atoms with Crippen LogP contribution in [0.15, 0.2) is 10.9 Å². The third-order valence-corrected chi connectivity index (χ3v) is 5.05. The van der Waals surface area contributed by atoms with Crippen LogP contribution in [0, 0.1) is 0 Å². The molecule has 116 valence electrons. The van der Waals surface area contributed by atoms with Crippen LogP contribution in [0.3, 0.4) is 0 Å². The molecule has 0 saturated heterocycles. The first-order chi connectivity index (χ1) is 10.3. The van der Waals surface area contributed by atoms with Crippen LogP contribution >= 0.6 is 0 Å². The van der Waals surface area contributed by atoms with Crippen molar-refractivity contribution in [2.75, 3.05) is 6.54 Å². The topological polar surface area (TPSA) is 34.0 Å². The Hall–Kier alpha value is -1.09. The SMILES string of the molecule is CCCNCc1cc2c(n(C3CCCCC3)c1=O)CCC2. The van der Waals surface area contributed by atoms with Crippen LogP contribution in [0.1, 0.15) is 74.7 Å². The molecule has 21 heavy (non-hydrogen) atoms. The average Bonchev–Trinajstić information content (AvgIpc) is 2.96. The zero-order chi connectivity index (χ0) is 14.7. The molecule has 0 atom stereocenters. The molecule has 3 heteroatoms. The second kappa shape index (κ2) is 6.78. The van der Waals surface area contributed by atoms with Crippen molar-refractivity contribution in [2.24, 2.45) is 0 Å². The van der Waals surface area contributed by atoms with Crippen molar-refractivity contribution in [3.63, 3.8) is 0 Å². The Morgan fingerprint density at radius 1 is 1.19 bits per heavy atom. The second-order valence-corrected chi connectivity index (χ2v) is 6.64. The van der Waals surface area contributed by atoms with Crippen molar-refractivity contribution >= 4 is 0 Å². The molecule has 3 nitrogen and oxygen atoms in total. The summed E-state index contributed by atoms with van der Waals surface area (Å²) in [4.78, 5) is 12.9. The lowest BCUT2D eigenvalue weighted by Gasteiger charge is -2.27. The fourth-order valence-electron chi connectivity index (χ4n) is 3.98. The molecule has 2 aliphatic carbocycles. The van der Waals surface area contributed by atoms with Gasteiger partial charge in [-0.15, -0.1) is 0 Å². The maximum atomic E-state index is 12.9. The standard InChI is InChI=1S/C18H28N2O/c1-2-11-19-13-15-12-14-7-6-10-17(14)20(18(15)21)16-8-4-3-5-9-16/h12,16,19H,2-11,13H2,1H3. The van der Waals surface area contributed by atoms with Gasteiger partial charge in [-0.1, -0.05) is 26.2 Å². The van der Waals surface area contributed by atoms with Crippen LogP contribution in [-0.4, -0.2) is 11.1 Å². The lowest BCUT2D eigenvalue weighted by atomic mass is 9.94. The molecular weight excluding hydrogens is 260 g/mol. The molecule has 1 N–H and O–H groups in total. The number of rotatable bonds is 5. The number of fused-ring (bicyclic) bond motifs is 1. The highest BCUT2D eigenvalue weighted by Crippen LogP contribution is 2.31. The Balaban J connectivity index is 1.94.